The van der Waals surface area contributed by atoms with Crippen molar-refractivity contribution in [2.75, 3.05) is 7.05 Å². The van der Waals surface area contributed by atoms with Gasteiger partial charge in [-0.15, -0.1) is 11.3 Å². The van der Waals surface area contributed by atoms with Crippen molar-refractivity contribution < 1.29 is 0 Å². The van der Waals surface area contributed by atoms with Gasteiger partial charge < -0.3 is 4.90 Å². The zero-order chi connectivity index (χ0) is 11.6. The number of aromatic nitrogens is 1. The lowest BCUT2D eigenvalue weighted by Gasteiger charge is -2.29. The molecule has 0 bridgehead atoms. The molecule has 1 rings (SSSR count). The van der Waals surface area contributed by atoms with Gasteiger partial charge in [0.25, 0.3) is 0 Å². The summed E-state index contributed by atoms with van der Waals surface area (Å²) >= 11 is 1.66. The molecule has 15 heavy (non-hydrogen) atoms. The van der Waals surface area contributed by atoms with E-state index in [1.807, 2.05) is 24.4 Å². The topological polar surface area (TPSA) is 40.0 Å². The van der Waals surface area contributed by atoms with E-state index in [1.165, 1.54) is 4.88 Å². The third kappa shape index (κ3) is 3.02. The smallest absolute Gasteiger partial charge is 0.101 e. The minimum atomic E-state index is -0.0899. The Morgan fingerprint density at radius 1 is 1.53 bits per heavy atom. The van der Waals surface area contributed by atoms with Crippen LogP contribution in [0.2, 0.25) is 0 Å². The van der Waals surface area contributed by atoms with Gasteiger partial charge in [-0.05, 0) is 6.92 Å². The maximum atomic E-state index is 8.03. The molecule has 84 valence electrons. The second-order valence-electron chi connectivity index (χ2n) is 4.82. The van der Waals surface area contributed by atoms with E-state index in [0.717, 1.165) is 12.2 Å². The van der Waals surface area contributed by atoms with E-state index in [1.54, 1.807) is 11.3 Å². The SMILES string of the molecule is Cc1ncsc1CN(C)C(=N)C(C)(C)C. The average Bonchev–Trinajstić information content (AvgIpc) is 2.49. The van der Waals surface area contributed by atoms with Gasteiger partial charge in [-0.1, -0.05) is 20.8 Å². The molecule has 0 aliphatic heterocycles. The lowest BCUT2D eigenvalue weighted by atomic mass is 9.94. The van der Waals surface area contributed by atoms with Crippen molar-refractivity contribution in [2.24, 2.45) is 5.41 Å². The number of thiazole rings is 1. The van der Waals surface area contributed by atoms with Crippen LogP contribution >= 0.6 is 11.3 Å². The second-order valence-corrected chi connectivity index (χ2v) is 5.75. The normalized spacial score (nSPS) is 11.5. The summed E-state index contributed by atoms with van der Waals surface area (Å²) in [6.07, 6.45) is 0. The highest BCUT2D eigenvalue weighted by molar-refractivity contribution is 7.09. The summed E-state index contributed by atoms with van der Waals surface area (Å²) in [5.41, 5.74) is 2.85. The molecule has 0 saturated carbocycles. The van der Waals surface area contributed by atoms with E-state index in [4.69, 9.17) is 5.41 Å². The number of hydrogen-bond acceptors (Lipinski definition) is 3. The van der Waals surface area contributed by atoms with Gasteiger partial charge in [-0.3, -0.25) is 5.41 Å². The molecular formula is C11H19N3S. The lowest BCUT2D eigenvalue weighted by molar-refractivity contribution is 0.419. The van der Waals surface area contributed by atoms with Crippen LogP contribution in [-0.4, -0.2) is 22.8 Å². The number of amidine groups is 1. The Hall–Kier alpha value is -0.900. The van der Waals surface area contributed by atoms with Crippen molar-refractivity contribution >= 4 is 17.2 Å². The third-order valence-electron chi connectivity index (χ3n) is 2.32. The van der Waals surface area contributed by atoms with Crippen LogP contribution in [0.4, 0.5) is 0 Å². The third-order valence-corrected chi connectivity index (χ3v) is 3.24. The minimum Gasteiger partial charge on any atom is -0.358 e. The first kappa shape index (κ1) is 12.2. The molecule has 4 heteroatoms. The fourth-order valence-corrected chi connectivity index (χ4v) is 2.17. The van der Waals surface area contributed by atoms with Crippen molar-refractivity contribution in [3.63, 3.8) is 0 Å². The highest BCUT2D eigenvalue weighted by Crippen LogP contribution is 2.20. The van der Waals surface area contributed by atoms with Crippen LogP contribution in [0.5, 0.6) is 0 Å². The number of rotatable bonds is 2. The molecule has 0 atom stereocenters. The van der Waals surface area contributed by atoms with E-state index >= 15 is 0 Å². The van der Waals surface area contributed by atoms with Crippen molar-refractivity contribution in [3.8, 4) is 0 Å². The van der Waals surface area contributed by atoms with Crippen molar-refractivity contribution in [2.45, 2.75) is 34.2 Å². The van der Waals surface area contributed by atoms with Gasteiger partial charge in [-0.2, -0.15) is 0 Å². The summed E-state index contributed by atoms with van der Waals surface area (Å²) in [5.74, 6) is 0.662. The summed E-state index contributed by atoms with van der Waals surface area (Å²) in [5, 5.41) is 8.03. The molecule has 0 spiro atoms. The van der Waals surface area contributed by atoms with Gasteiger partial charge in [0.2, 0.25) is 0 Å². The van der Waals surface area contributed by atoms with E-state index in [9.17, 15) is 0 Å². The van der Waals surface area contributed by atoms with Gasteiger partial charge >= 0.3 is 0 Å². The molecule has 0 unspecified atom stereocenters. The van der Waals surface area contributed by atoms with Crippen molar-refractivity contribution in [1.82, 2.24) is 9.88 Å². The standard InChI is InChI=1S/C11H19N3S/c1-8-9(15-7-13-8)6-14(5)10(12)11(2,3)4/h7,12H,6H2,1-5H3. The summed E-state index contributed by atoms with van der Waals surface area (Å²) in [7, 11) is 1.97. The van der Waals surface area contributed by atoms with Gasteiger partial charge in [0.15, 0.2) is 0 Å². The summed E-state index contributed by atoms with van der Waals surface area (Å²) < 4.78 is 0. The first-order valence-corrected chi connectivity index (χ1v) is 5.89. The van der Waals surface area contributed by atoms with Crippen molar-refractivity contribution in [1.29, 1.82) is 5.41 Å². The molecule has 3 nitrogen and oxygen atoms in total. The molecule has 1 heterocycles. The van der Waals surface area contributed by atoms with E-state index in [0.29, 0.717) is 5.84 Å². The number of nitrogens with zero attached hydrogens (tertiary/aromatic N) is 2. The number of nitrogens with one attached hydrogen (secondary N) is 1. The van der Waals surface area contributed by atoms with Crippen LogP contribution in [0.1, 0.15) is 31.3 Å². The van der Waals surface area contributed by atoms with Crippen LogP contribution in [0.3, 0.4) is 0 Å². The molecule has 1 N–H and O–H groups in total. The molecule has 0 fully saturated rings. The first-order chi connectivity index (χ1) is 6.82. The fourth-order valence-electron chi connectivity index (χ4n) is 1.35. The van der Waals surface area contributed by atoms with Crippen LogP contribution in [0, 0.1) is 17.7 Å². The molecule has 0 amide bonds. The zero-order valence-corrected chi connectivity index (χ0v) is 10.9. The Labute approximate surface area is 95.7 Å². The summed E-state index contributed by atoms with van der Waals surface area (Å²) in [6.45, 7) is 8.98. The average molecular weight is 225 g/mol. The number of hydrogen-bond donors (Lipinski definition) is 1. The van der Waals surface area contributed by atoms with Gasteiger partial charge in [0.05, 0.1) is 17.7 Å². The summed E-state index contributed by atoms with van der Waals surface area (Å²) in [6, 6.07) is 0. The van der Waals surface area contributed by atoms with E-state index in [2.05, 4.69) is 25.8 Å². The Morgan fingerprint density at radius 2 is 2.13 bits per heavy atom. The van der Waals surface area contributed by atoms with Crippen LogP contribution < -0.4 is 0 Å². The molecule has 0 radical (unpaired) electrons. The van der Waals surface area contributed by atoms with Crippen LogP contribution in [0.25, 0.3) is 0 Å². The zero-order valence-electron chi connectivity index (χ0n) is 10.1. The Kier molecular flexibility index (Phi) is 3.50. The molecule has 0 saturated heterocycles. The Morgan fingerprint density at radius 3 is 2.53 bits per heavy atom. The van der Waals surface area contributed by atoms with Gasteiger partial charge in [0, 0.05) is 17.3 Å². The fraction of sp³-hybridized carbons (Fsp3) is 0.636. The Balaban J connectivity index is 2.68. The predicted octanol–water partition coefficient (Wildman–Crippen LogP) is 2.91. The van der Waals surface area contributed by atoms with Crippen molar-refractivity contribution in [3.05, 3.63) is 16.1 Å². The highest BCUT2D eigenvalue weighted by atomic mass is 32.1. The molecule has 1 aromatic rings. The quantitative estimate of drug-likeness (QED) is 0.621. The molecule has 0 aliphatic rings. The van der Waals surface area contributed by atoms with Gasteiger partial charge in [0.1, 0.15) is 5.84 Å². The molecule has 1 aromatic heterocycles. The Bertz CT molecular complexity index is 349. The second kappa shape index (κ2) is 4.31. The molecular weight excluding hydrogens is 206 g/mol. The maximum Gasteiger partial charge on any atom is 0.101 e. The minimum absolute atomic E-state index is 0.0899. The molecule has 0 aliphatic carbocycles. The monoisotopic (exact) mass is 225 g/mol. The van der Waals surface area contributed by atoms with Crippen LogP contribution in [-0.2, 0) is 6.54 Å². The predicted molar refractivity (Wildman–Crippen MR) is 65.5 cm³/mol. The van der Waals surface area contributed by atoms with Gasteiger partial charge in [-0.25, -0.2) is 4.98 Å². The highest BCUT2D eigenvalue weighted by Gasteiger charge is 2.21. The van der Waals surface area contributed by atoms with E-state index < -0.39 is 0 Å². The largest absolute Gasteiger partial charge is 0.358 e. The van der Waals surface area contributed by atoms with Crippen LogP contribution in [0.15, 0.2) is 5.51 Å². The first-order valence-electron chi connectivity index (χ1n) is 5.01. The lowest BCUT2D eigenvalue weighted by Crippen LogP contribution is -2.35. The summed E-state index contributed by atoms with van der Waals surface area (Å²) in [4.78, 5) is 7.44. The molecule has 0 aromatic carbocycles. The number of aryl methyl sites for hydroxylation is 1. The maximum absolute atomic E-state index is 8.03. The van der Waals surface area contributed by atoms with E-state index in [-0.39, 0.29) is 5.41 Å².